The van der Waals surface area contributed by atoms with E-state index in [1.54, 1.807) is 0 Å². The Morgan fingerprint density at radius 2 is 1.80 bits per heavy atom. The van der Waals surface area contributed by atoms with Crippen LogP contribution in [0.5, 0.6) is 0 Å². The van der Waals surface area contributed by atoms with Crippen molar-refractivity contribution in [3.05, 3.63) is 35.7 Å². The molecular formula is C16H21N3O. The van der Waals surface area contributed by atoms with E-state index in [-0.39, 0.29) is 11.0 Å². The maximum absolute atomic E-state index is 6.21. The van der Waals surface area contributed by atoms with Crippen LogP contribution in [-0.4, -0.2) is 10.1 Å². The second kappa shape index (κ2) is 4.42. The van der Waals surface area contributed by atoms with Gasteiger partial charge in [0.1, 0.15) is 0 Å². The second-order valence-corrected chi connectivity index (χ2v) is 6.76. The van der Waals surface area contributed by atoms with Gasteiger partial charge in [-0.05, 0) is 42.4 Å². The maximum Gasteiger partial charge on any atom is 0.257 e. The molecule has 1 aliphatic rings. The van der Waals surface area contributed by atoms with Crippen molar-refractivity contribution in [3.63, 3.8) is 0 Å². The van der Waals surface area contributed by atoms with E-state index in [2.05, 4.69) is 43.0 Å². The molecule has 1 aliphatic carbocycles. The molecule has 0 unspecified atom stereocenters. The Morgan fingerprint density at radius 3 is 2.30 bits per heavy atom. The fourth-order valence-electron chi connectivity index (χ4n) is 2.44. The van der Waals surface area contributed by atoms with Crippen LogP contribution in [0.1, 0.15) is 51.4 Å². The lowest BCUT2D eigenvalue weighted by Crippen LogP contribution is -2.44. The van der Waals surface area contributed by atoms with E-state index in [1.165, 1.54) is 5.56 Å². The molecule has 1 aromatic carbocycles. The van der Waals surface area contributed by atoms with Crippen molar-refractivity contribution < 1.29 is 4.52 Å². The summed E-state index contributed by atoms with van der Waals surface area (Å²) in [5.41, 5.74) is 8.22. The van der Waals surface area contributed by atoms with Gasteiger partial charge in [-0.25, -0.2) is 0 Å². The van der Waals surface area contributed by atoms with E-state index in [0.717, 1.165) is 24.8 Å². The fourth-order valence-corrected chi connectivity index (χ4v) is 2.44. The minimum Gasteiger partial charge on any atom is -0.334 e. The van der Waals surface area contributed by atoms with Crippen molar-refractivity contribution >= 4 is 0 Å². The smallest absolute Gasteiger partial charge is 0.257 e. The number of hydrogen-bond donors (Lipinski definition) is 1. The standard InChI is InChI=1S/C16H21N3O/c1-15(2,3)12-7-5-11(6-8-12)13-18-14(19-20-13)16(17)9-4-10-16/h5-8H,4,9-10,17H2,1-3H3. The third kappa shape index (κ3) is 2.24. The normalized spacial score (nSPS) is 17.8. The molecule has 0 atom stereocenters. The number of rotatable bonds is 2. The average molecular weight is 271 g/mol. The van der Waals surface area contributed by atoms with Crippen LogP contribution in [0.3, 0.4) is 0 Å². The first-order chi connectivity index (χ1) is 9.38. The zero-order valence-corrected chi connectivity index (χ0v) is 12.3. The van der Waals surface area contributed by atoms with Crippen molar-refractivity contribution in [2.45, 2.75) is 51.0 Å². The molecule has 0 radical (unpaired) electrons. The van der Waals surface area contributed by atoms with E-state index < -0.39 is 0 Å². The summed E-state index contributed by atoms with van der Waals surface area (Å²) in [6, 6.07) is 8.28. The highest BCUT2D eigenvalue weighted by atomic mass is 16.5. The molecule has 106 valence electrons. The summed E-state index contributed by atoms with van der Waals surface area (Å²) < 4.78 is 5.36. The SMILES string of the molecule is CC(C)(C)c1ccc(-c2nc(C3(N)CCC3)no2)cc1. The van der Waals surface area contributed by atoms with Crippen molar-refractivity contribution in [1.29, 1.82) is 0 Å². The maximum atomic E-state index is 6.21. The Kier molecular flexibility index (Phi) is 2.94. The van der Waals surface area contributed by atoms with Crippen LogP contribution < -0.4 is 5.73 Å². The molecule has 2 aromatic rings. The average Bonchev–Trinajstić information content (AvgIpc) is 2.85. The molecule has 2 N–H and O–H groups in total. The molecule has 0 spiro atoms. The molecule has 1 saturated carbocycles. The molecule has 4 heteroatoms. The van der Waals surface area contributed by atoms with Gasteiger partial charge in [-0.3, -0.25) is 0 Å². The van der Waals surface area contributed by atoms with E-state index in [4.69, 9.17) is 10.3 Å². The lowest BCUT2D eigenvalue weighted by Gasteiger charge is -2.34. The topological polar surface area (TPSA) is 64.9 Å². The summed E-state index contributed by atoms with van der Waals surface area (Å²) in [7, 11) is 0. The number of benzene rings is 1. The first-order valence-electron chi connectivity index (χ1n) is 7.12. The van der Waals surface area contributed by atoms with Gasteiger partial charge in [0.15, 0.2) is 5.82 Å². The van der Waals surface area contributed by atoms with Gasteiger partial charge < -0.3 is 10.3 Å². The van der Waals surface area contributed by atoms with E-state index in [0.29, 0.717) is 11.7 Å². The summed E-state index contributed by atoms with van der Waals surface area (Å²) in [4.78, 5) is 4.46. The lowest BCUT2D eigenvalue weighted by molar-refractivity contribution is 0.229. The van der Waals surface area contributed by atoms with Gasteiger partial charge in [0.2, 0.25) is 0 Å². The van der Waals surface area contributed by atoms with Crippen molar-refractivity contribution in [2.24, 2.45) is 5.73 Å². The molecule has 1 fully saturated rings. The first kappa shape index (κ1) is 13.3. The number of aromatic nitrogens is 2. The molecule has 1 aromatic heterocycles. The quantitative estimate of drug-likeness (QED) is 0.909. The molecule has 0 aliphatic heterocycles. The Morgan fingerprint density at radius 1 is 1.15 bits per heavy atom. The zero-order chi connectivity index (χ0) is 14.4. The highest BCUT2D eigenvalue weighted by Gasteiger charge is 2.39. The summed E-state index contributed by atoms with van der Waals surface area (Å²) in [6.45, 7) is 6.59. The highest BCUT2D eigenvalue weighted by Crippen LogP contribution is 2.37. The predicted octanol–water partition coefficient (Wildman–Crippen LogP) is 3.37. The molecule has 0 amide bonds. The number of nitrogens with zero attached hydrogens (tertiary/aromatic N) is 2. The summed E-state index contributed by atoms with van der Waals surface area (Å²) >= 11 is 0. The van der Waals surface area contributed by atoms with E-state index >= 15 is 0 Å². The number of hydrogen-bond acceptors (Lipinski definition) is 4. The van der Waals surface area contributed by atoms with Gasteiger partial charge in [0.05, 0.1) is 5.54 Å². The zero-order valence-electron chi connectivity index (χ0n) is 12.3. The monoisotopic (exact) mass is 271 g/mol. The van der Waals surface area contributed by atoms with Crippen LogP contribution in [0, 0.1) is 0 Å². The van der Waals surface area contributed by atoms with Crippen LogP contribution >= 0.6 is 0 Å². The fraction of sp³-hybridized carbons (Fsp3) is 0.500. The largest absolute Gasteiger partial charge is 0.334 e. The summed E-state index contributed by atoms with van der Waals surface area (Å²) in [5, 5.41) is 4.05. The van der Waals surface area contributed by atoms with Crippen molar-refractivity contribution in [2.75, 3.05) is 0 Å². The van der Waals surface area contributed by atoms with Crippen LogP contribution in [0.25, 0.3) is 11.5 Å². The van der Waals surface area contributed by atoms with Crippen LogP contribution in [0.4, 0.5) is 0 Å². The third-order valence-electron chi connectivity index (χ3n) is 4.12. The number of nitrogens with two attached hydrogens (primary N) is 1. The van der Waals surface area contributed by atoms with Crippen LogP contribution in [-0.2, 0) is 11.0 Å². The molecule has 0 saturated heterocycles. The minimum absolute atomic E-state index is 0.145. The lowest BCUT2D eigenvalue weighted by atomic mass is 9.77. The summed E-state index contributed by atoms with van der Waals surface area (Å²) in [5.74, 6) is 1.19. The van der Waals surface area contributed by atoms with Crippen LogP contribution in [0.15, 0.2) is 28.8 Å². The molecular weight excluding hydrogens is 250 g/mol. The molecule has 0 bridgehead atoms. The Hall–Kier alpha value is -1.68. The molecule has 4 nitrogen and oxygen atoms in total. The van der Waals surface area contributed by atoms with Crippen LogP contribution in [0.2, 0.25) is 0 Å². The Labute approximate surface area is 119 Å². The second-order valence-electron chi connectivity index (χ2n) is 6.76. The van der Waals surface area contributed by atoms with Gasteiger partial charge in [-0.15, -0.1) is 0 Å². The molecule has 3 rings (SSSR count). The summed E-state index contributed by atoms with van der Waals surface area (Å²) in [6.07, 6.45) is 3.02. The van der Waals surface area contributed by atoms with Crippen molar-refractivity contribution in [3.8, 4) is 11.5 Å². The third-order valence-corrected chi connectivity index (χ3v) is 4.12. The molecule has 20 heavy (non-hydrogen) atoms. The predicted molar refractivity (Wildman–Crippen MR) is 78.2 cm³/mol. The highest BCUT2D eigenvalue weighted by molar-refractivity contribution is 5.54. The van der Waals surface area contributed by atoms with E-state index in [1.807, 2.05) is 12.1 Å². The van der Waals surface area contributed by atoms with Gasteiger partial charge in [0, 0.05) is 5.56 Å². The van der Waals surface area contributed by atoms with Gasteiger partial charge in [0.25, 0.3) is 5.89 Å². The van der Waals surface area contributed by atoms with E-state index in [9.17, 15) is 0 Å². The minimum atomic E-state index is -0.368. The van der Waals surface area contributed by atoms with Gasteiger partial charge in [-0.2, -0.15) is 4.98 Å². The van der Waals surface area contributed by atoms with Crippen molar-refractivity contribution in [1.82, 2.24) is 10.1 Å². The Bertz CT molecular complexity index is 603. The Balaban J connectivity index is 1.86. The first-order valence-corrected chi connectivity index (χ1v) is 7.12. The van der Waals surface area contributed by atoms with Gasteiger partial charge in [-0.1, -0.05) is 38.1 Å². The van der Waals surface area contributed by atoms with Gasteiger partial charge >= 0.3 is 0 Å². The molecule has 1 heterocycles.